The average Bonchev–Trinajstić information content (AvgIpc) is 2.56. The van der Waals surface area contributed by atoms with Gasteiger partial charge in [-0.1, -0.05) is 53.0 Å². The van der Waals surface area contributed by atoms with Gasteiger partial charge in [0.05, 0.1) is 0 Å². The number of carbonyl (C=O) groups excluding carboxylic acids is 1. The Kier molecular flexibility index (Phi) is 8.56. The molecular weight excluding hydrogens is 379 g/mol. The lowest BCUT2D eigenvalue weighted by atomic mass is 10.1. The van der Waals surface area contributed by atoms with Crippen LogP contribution in [0.2, 0.25) is 15.1 Å². The molecule has 0 aliphatic carbocycles. The summed E-state index contributed by atoms with van der Waals surface area (Å²) < 4.78 is 0. The van der Waals surface area contributed by atoms with E-state index < -0.39 is 0 Å². The molecule has 0 unspecified atom stereocenters. The number of hydrogen-bond donors (Lipinski definition) is 2. The van der Waals surface area contributed by atoms with Crippen molar-refractivity contribution < 1.29 is 4.79 Å². The van der Waals surface area contributed by atoms with Gasteiger partial charge in [0.1, 0.15) is 0 Å². The van der Waals surface area contributed by atoms with Crippen LogP contribution in [-0.4, -0.2) is 25.5 Å². The van der Waals surface area contributed by atoms with E-state index in [1.165, 1.54) is 5.56 Å². The Bertz CT molecular complexity index is 707. The van der Waals surface area contributed by atoms with E-state index in [9.17, 15) is 4.79 Å². The van der Waals surface area contributed by atoms with Crippen LogP contribution in [-0.2, 0) is 17.6 Å². The number of rotatable bonds is 9. The molecule has 2 N–H and O–H groups in total. The number of benzene rings is 2. The predicted molar refractivity (Wildman–Crippen MR) is 106 cm³/mol. The standard InChI is InChI=1S/C19H21Cl3N2O/c20-16-3-1-2-14(12-16)6-9-23-10-8-19(25)24-11-7-15-4-5-17(21)13-18(15)22/h1-5,12-13,23H,6-11H2,(H,24,25). The first-order chi connectivity index (χ1) is 12.0. The Morgan fingerprint density at radius 3 is 2.44 bits per heavy atom. The smallest absolute Gasteiger partial charge is 0.221 e. The SMILES string of the molecule is O=C(CCNCCc1cccc(Cl)c1)NCCc1ccc(Cl)cc1Cl. The maximum Gasteiger partial charge on any atom is 0.221 e. The van der Waals surface area contributed by atoms with Crippen LogP contribution in [0.25, 0.3) is 0 Å². The maximum absolute atomic E-state index is 11.8. The molecular formula is C19H21Cl3N2O. The van der Waals surface area contributed by atoms with Gasteiger partial charge >= 0.3 is 0 Å². The summed E-state index contributed by atoms with van der Waals surface area (Å²) in [6.45, 7) is 2.02. The number of carbonyl (C=O) groups is 1. The maximum atomic E-state index is 11.8. The molecule has 0 bridgehead atoms. The second kappa shape index (κ2) is 10.7. The number of halogens is 3. The van der Waals surface area contributed by atoms with Gasteiger partial charge in [0.2, 0.25) is 5.91 Å². The molecule has 2 aromatic carbocycles. The zero-order valence-corrected chi connectivity index (χ0v) is 16.1. The molecule has 0 heterocycles. The van der Waals surface area contributed by atoms with Crippen LogP contribution in [0.1, 0.15) is 17.5 Å². The van der Waals surface area contributed by atoms with E-state index >= 15 is 0 Å². The van der Waals surface area contributed by atoms with Crippen LogP contribution < -0.4 is 10.6 Å². The van der Waals surface area contributed by atoms with E-state index in [-0.39, 0.29) is 5.91 Å². The van der Waals surface area contributed by atoms with E-state index in [0.29, 0.717) is 36.0 Å². The Morgan fingerprint density at radius 1 is 0.880 bits per heavy atom. The minimum atomic E-state index is 0.0281. The van der Waals surface area contributed by atoms with Gasteiger partial charge in [-0.05, 0) is 54.8 Å². The molecule has 0 saturated carbocycles. The third-order valence-corrected chi connectivity index (χ3v) is 4.56. The summed E-state index contributed by atoms with van der Waals surface area (Å²) in [5.74, 6) is 0.0281. The van der Waals surface area contributed by atoms with Gasteiger partial charge in [-0.3, -0.25) is 4.79 Å². The highest BCUT2D eigenvalue weighted by atomic mass is 35.5. The number of hydrogen-bond acceptors (Lipinski definition) is 2. The van der Waals surface area contributed by atoms with E-state index in [1.807, 2.05) is 30.3 Å². The van der Waals surface area contributed by atoms with Crippen molar-refractivity contribution in [3.8, 4) is 0 Å². The van der Waals surface area contributed by atoms with Gasteiger partial charge in [0.15, 0.2) is 0 Å². The fourth-order valence-electron chi connectivity index (χ4n) is 2.40. The molecule has 134 valence electrons. The third-order valence-electron chi connectivity index (χ3n) is 3.74. The monoisotopic (exact) mass is 398 g/mol. The molecule has 0 atom stereocenters. The molecule has 0 aromatic heterocycles. The molecule has 0 saturated heterocycles. The van der Waals surface area contributed by atoms with E-state index in [4.69, 9.17) is 34.8 Å². The molecule has 2 rings (SSSR count). The molecule has 0 fully saturated rings. The quantitative estimate of drug-likeness (QED) is 0.608. The molecule has 0 radical (unpaired) electrons. The molecule has 2 aromatic rings. The Hall–Kier alpha value is -1.26. The van der Waals surface area contributed by atoms with Crippen molar-refractivity contribution in [3.05, 3.63) is 68.7 Å². The highest BCUT2D eigenvalue weighted by molar-refractivity contribution is 6.35. The Balaban J connectivity index is 1.56. The molecule has 0 aliphatic heterocycles. The van der Waals surface area contributed by atoms with Crippen molar-refractivity contribution in [2.75, 3.05) is 19.6 Å². The largest absolute Gasteiger partial charge is 0.356 e. The van der Waals surface area contributed by atoms with Gasteiger partial charge in [-0.25, -0.2) is 0 Å². The van der Waals surface area contributed by atoms with Crippen molar-refractivity contribution in [2.24, 2.45) is 0 Å². The highest BCUT2D eigenvalue weighted by Gasteiger charge is 2.04. The van der Waals surface area contributed by atoms with Crippen LogP contribution in [0.4, 0.5) is 0 Å². The molecule has 1 amide bonds. The van der Waals surface area contributed by atoms with Crippen molar-refractivity contribution in [1.29, 1.82) is 0 Å². The van der Waals surface area contributed by atoms with Crippen molar-refractivity contribution in [2.45, 2.75) is 19.3 Å². The Morgan fingerprint density at radius 2 is 1.68 bits per heavy atom. The summed E-state index contributed by atoms with van der Waals surface area (Å²) in [5.41, 5.74) is 2.16. The molecule has 0 aliphatic rings. The minimum absolute atomic E-state index is 0.0281. The van der Waals surface area contributed by atoms with Crippen LogP contribution in [0.3, 0.4) is 0 Å². The lowest BCUT2D eigenvalue weighted by molar-refractivity contribution is -0.120. The summed E-state index contributed by atoms with van der Waals surface area (Å²) >= 11 is 17.9. The van der Waals surface area contributed by atoms with Crippen molar-refractivity contribution in [1.82, 2.24) is 10.6 Å². The normalized spacial score (nSPS) is 10.7. The Labute approximate surface area is 163 Å². The first kappa shape index (κ1) is 20.1. The van der Waals surface area contributed by atoms with Gasteiger partial charge in [0, 0.05) is 34.6 Å². The van der Waals surface area contributed by atoms with Gasteiger partial charge in [0.25, 0.3) is 0 Å². The molecule has 3 nitrogen and oxygen atoms in total. The number of nitrogens with one attached hydrogen (secondary N) is 2. The third kappa shape index (κ3) is 7.66. The number of amides is 1. The zero-order chi connectivity index (χ0) is 18.1. The van der Waals surface area contributed by atoms with Crippen LogP contribution in [0.15, 0.2) is 42.5 Å². The van der Waals surface area contributed by atoms with Crippen molar-refractivity contribution in [3.63, 3.8) is 0 Å². The van der Waals surface area contributed by atoms with E-state index in [2.05, 4.69) is 10.6 Å². The fourth-order valence-corrected chi connectivity index (χ4v) is 3.12. The fraction of sp³-hybridized carbons (Fsp3) is 0.316. The topological polar surface area (TPSA) is 41.1 Å². The zero-order valence-electron chi connectivity index (χ0n) is 13.8. The minimum Gasteiger partial charge on any atom is -0.356 e. The van der Waals surface area contributed by atoms with Crippen LogP contribution in [0, 0.1) is 0 Å². The molecule has 6 heteroatoms. The molecule has 25 heavy (non-hydrogen) atoms. The van der Waals surface area contributed by atoms with Crippen LogP contribution in [0.5, 0.6) is 0 Å². The summed E-state index contributed by atoms with van der Waals surface area (Å²) in [5, 5.41) is 8.16. The summed E-state index contributed by atoms with van der Waals surface area (Å²) in [6.07, 6.45) is 2.02. The first-order valence-corrected chi connectivity index (χ1v) is 9.34. The summed E-state index contributed by atoms with van der Waals surface area (Å²) in [4.78, 5) is 11.8. The summed E-state index contributed by atoms with van der Waals surface area (Å²) in [6, 6.07) is 13.2. The van der Waals surface area contributed by atoms with Crippen LogP contribution >= 0.6 is 34.8 Å². The van der Waals surface area contributed by atoms with E-state index in [0.717, 1.165) is 23.6 Å². The predicted octanol–water partition coefficient (Wildman–Crippen LogP) is 4.53. The lowest BCUT2D eigenvalue weighted by Gasteiger charge is -2.08. The average molecular weight is 400 g/mol. The van der Waals surface area contributed by atoms with Crippen molar-refractivity contribution >= 4 is 40.7 Å². The second-order valence-corrected chi connectivity index (χ2v) is 7.00. The summed E-state index contributed by atoms with van der Waals surface area (Å²) in [7, 11) is 0. The van der Waals surface area contributed by atoms with Gasteiger partial charge < -0.3 is 10.6 Å². The highest BCUT2D eigenvalue weighted by Crippen LogP contribution is 2.21. The first-order valence-electron chi connectivity index (χ1n) is 8.20. The lowest BCUT2D eigenvalue weighted by Crippen LogP contribution is -2.29. The van der Waals surface area contributed by atoms with Gasteiger partial charge in [-0.2, -0.15) is 0 Å². The second-order valence-electron chi connectivity index (χ2n) is 5.72. The van der Waals surface area contributed by atoms with E-state index in [1.54, 1.807) is 12.1 Å². The molecule has 0 spiro atoms. The van der Waals surface area contributed by atoms with Gasteiger partial charge in [-0.15, -0.1) is 0 Å².